The fourth-order valence-corrected chi connectivity index (χ4v) is 2.90. The van der Waals surface area contributed by atoms with Gasteiger partial charge < -0.3 is 5.73 Å². The van der Waals surface area contributed by atoms with E-state index in [-0.39, 0.29) is 0 Å². The number of aryl methyl sites for hydroxylation is 1. The molecule has 0 fully saturated rings. The van der Waals surface area contributed by atoms with Crippen LogP contribution >= 0.6 is 0 Å². The van der Waals surface area contributed by atoms with Crippen LogP contribution in [0.25, 0.3) is 0 Å². The lowest BCUT2D eigenvalue weighted by atomic mass is 10.0. The molecule has 2 nitrogen and oxygen atoms in total. The number of rotatable bonds is 8. The molecule has 0 aliphatic heterocycles. The van der Waals surface area contributed by atoms with Crippen LogP contribution in [-0.4, -0.2) is 17.5 Å². The van der Waals surface area contributed by atoms with E-state index in [0.29, 0.717) is 18.5 Å². The van der Waals surface area contributed by atoms with Crippen molar-refractivity contribution in [2.75, 3.05) is 6.54 Å². The van der Waals surface area contributed by atoms with Gasteiger partial charge in [0.05, 0.1) is 0 Å². The van der Waals surface area contributed by atoms with E-state index in [9.17, 15) is 0 Å². The first-order valence-electron chi connectivity index (χ1n) is 8.04. The summed E-state index contributed by atoms with van der Waals surface area (Å²) in [5, 5.41) is 0. The number of nitrogens with zero attached hydrogens (tertiary/aromatic N) is 1. The smallest absolute Gasteiger partial charge is 0.0239 e. The lowest BCUT2D eigenvalue weighted by Gasteiger charge is -2.32. The average Bonchev–Trinajstić information content (AvgIpc) is 2.41. The number of nitrogens with two attached hydrogens (primary N) is 1. The molecule has 0 spiro atoms. The van der Waals surface area contributed by atoms with E-state index in [4.69, 9.17) is 5.73 Å². The highest BCUT2D eigenvalue weighted by molar-refractivity contribution is 5.31. The fraction of sp³-hybridized carbons (Fsp3) is 0.667. The molecule has 0 atom stereocenters. The van der Waals surface area contributed by atoms with Crippen molar-refractivity contribution >= 4 is 0 Å². The third-order valence-electron chi connectivity index (χ3n) is 4.07. The molecule has 0 heterocycles. The highest BCUT2D eigenvalue weighted by Crippen LogP contribution is 2.19. The lowest BCUT2D eigenvalue weighted by Crippen LogP contribution is -2.36. The first-order chi connectivity index (χ1) is 9.51. The summed E-state index contributed by atoms with van der Waals surface area (Å²) >= 11 is 0. The van der Waals surface area contributed by atoms with Gasteiger partial charge in [0.1, 0.15) is 0 Å². The normalized spacial score (nSPS) is 11.8. The Balaban J connectivity index is 2.88. The van der Waals surface area contributed by atoms with Crippen LogP contribution < -0.4 is 5.73 Å². The summed E-state index contributed by atoms with van der Waals surface area (Å²) in [5.74, 6) is 0.708. The summed E-state index contributed by atoms with van der Waals surface area (Å²) < 4.78 is 0. The second-order valence-electron chi connectivity index (χ2n) is 6.26. The van der Waals surface area contributed by atoms with Crippen LogP contribution in [0.2, 0.25) is 0 Å². The van der Waals surface area contributed by atoms with E-state index in [2.05, 4.69) is 57.7 Å². The molecule has 1 rings (SSSR count). The van der Waals surface area contributed by atoms with Gasteiger partial charge in [-0.3, -0.25) is 4.90 Å². The largest absolute Gasteiger partial charge is 0.326 e. The molecule has 0 aliphatic rings. The average molecular weight is 276 g/mol. The van der Waals surface area contributed by atoms with Crippen molar-refractivity contribution in [3.05, 3.63) is 34.9 Å². The third-order valence-corrected chi connectivity index (χ3v) is 4.07. The summed E-state index contributed by atoms with van der Waals surface area (Å²) in [5.41, 5.74) is 9.75. The van der Waals surface area contributed by atoms with Crippen LogP contribution in [-0.2, 0) is 13.1 Å². The van der Waals surface area contributed by atoms with Gasteiger partial charge in [0.15, 0.2) is 0 Å². The summed E-state index contributed by atoms with van der Waals surface area (Å²) in [6.07, 6.45) is 2.45. The monoisotopic (exact) mass is 276 g/mol. The van der Waals surface area contributed by atoms with Crippen LogP contribution in [0.15, 0.2) is 18.2 Å². The van der Waals surface area contributed by atoms with E-state index in [1.165, 1.54) is 36.1 Å². The van der Waals surface area contributed by atoms with Crippen molar-refractivity contribution in [3.63, 3.8) is 0 Å². The zero-order chi connectivity index (χ0) is 15.1. The van der Waals surface area contributed by atoms with Gasteiger partial charge in [0.2, 0.25) is 0 Å². The van der Waals surface area contributed by atoms with Gasteiger partial charge in [-0.2, -0.15) is 0 Å². The Kier molecular flexibility index (Phi) is 7.25. The molecule has 2 heteroatoms. The maximum Gasteiger partial charge on any atom is 0.0239 e. The van der Waals surface area contributed by atoms with Gasteiger partial charge in [-0.15, -0.1) is 0 Å². The van der Waals surface area contributed by atoms with Crippen LogP contribution in [0.1, 0.15) is 57.2 Å². The SMILES string of the molecule is CCC(CC)N(Cc1ccc(CN)cc1C)CC(C)C. The molecule has 0 unspecified atom stereocenters. The third kappa shape index (κ3) is 4.92. The van der Waals surface area contributed by atoms with Gasteiger partial charge in [-0.1, -0.05) is 45.9 Å². The Bertz CT molecular complexity index is 394. The van der Waals surface area contributed by atoms with Gasteiger partial charge in [-0.25, -0.2) is 0 Å². The van der Waals surface area contributed by atoms with Crippen LogP contribution in [0.3, 0.4) is 0 Å². The molecule has 114 valence electrons. The zero-order valence-electron chi connectivity index (χ0n) is 13.9. The predicted octanol–water partition coefficient (Wildman–Crippen LogP) is 4.10. The predicted molar refractivity (Wildman–Crippen MR) is 88.7 cm³/mol. The number of benzene rings is 1. The minimum absolute atomic E-state index is 0.628. The lowest BCUT2D eigenvalue weighted by molar-refractivity contribution is 0.157. The Hall–Kier alpha value is -0.860. The molecule has 0 aromatic heterocycles. The molecule has 2 N–H and O–H groups in total. The molecule has 0 saturated heterocycles. The molecule has 1 aromatic carbocycles. The van der Waals surface area contributed by atoms with Gasteiger partial charge in [0, 0.05) is 25.7 Å². The van der Waals surface area contributed by atoms with Crippen molar-refractivity contribution < 1.29 is 0 Å². The fourth-order valence-electron chi connectivity index (χ4n) is 2.90. The van der Waals surface area contributed by atoms with Crippen molar-refractivity contribution in [2.24, 2.45) is 11.7 Å². The second-order valence-corrected chi connectivity index (χ2v) is 6.26. The minimum Gasteiger partial charge on any atom is -0.326 e. The van der Waals surface area contributed by atoms with E-state index in [0.717, 1.165) is 6.54 Å². The molecular weight excluding hydrogens is 244 g/mol. The van der Waals surface area contributed by atoms with Crippen LogP contribution in [0, 0.1) is 12.8 Å². The first kappa shape index (κ1) is 17.2. The number of hydrogen-bond acceptors (Lipinski definition) is 2. The summed E-state index contributed by atoms with van der Waals surface area (Å²) in [7, 11) is 0. The van der Waals surface area contributed by atoms with E-state index in [1.54, 1.807) is 0 Å². The Morgan fingerprint density at radius 3 is 2.25 bits per heavy atom. The van der Waals surface area contributed by atoms with E-state index >= 15 is 0 Å². The molecule has 0 amide bonds. The van der Waals surface area contributed by atoms with E-state index < -0.39 is 0 Å². The standard InChI is InChI=1S/C18H32N2/c1-6-18(7-2)20(12-14(3)4)13-17-9-8-16(11-19)10-15(17)5/h8-10,14,18H,6-7,11-13,19H2,1-5H3. The van der Waals surface area contributed by atoms with Gasteiger partial charge in [0.25, 0.3) is 0 Å². The molecule has 0 saturated carbocycles. The van der Waals surface area contributed by atoms with Crippen LogP contribution in [0.5, 0.6) is 0 Å². The minimum atomic E-state index is 0.628. The highest BCUT2D eigenvalue weighted by Gasteiger charge is 2.17. The van der Waals surface area contributed by atoms with Crippen molar-refractivity contribution in [1.82, 2.24) is 4.90 Å². The summed E-state index contributed by atoms with van der Waals surface area (Å²) in [4.78, 5) is 2.65. The molecule has 0 aliphatic carbocycles. The van der Waals surface area contributed by atoms with Crippen molar-refractivity contribution in [1.29, 1.82) is 0 Å². The molecule has 20 heavy (non-hydrogen) atoms. The topological polar surface area (TPSA) is 29.3 Å². The highest BCUT2D eigenvalue weighted by atomic mass is 15.2. The van der Waals surface area contributed by atoms with Gasteiger partial charge >= 0.3 is 0 Å². The molecule has 0 bridgehead atoms. The zero-order valence-corrected chi connectivity index (χ0v) is 13.9. The Morgan fingerprint density at radius 2 is 1.80 bits per heavy atom. The molecule has 1 aromatic rings. The van der Waals surface area contributed by atoms with Gasteiger partial charge in [-0.05, 0) is 42.4 Å². The Labute approximate surface area is 125 Å². The van der Waals surface area contributed by atoms with Crippen molar-refractivity contribution in [3.8, 4) is 0 Å². The maximum absolute atomic E-state index is 5.72. The summed E-state index contributed by atoms with van der Waals surface area (Å²) in [6.45, 7) is 14.3. The number of hydrogen-bond donors (Lipinski definition) is 1. The molecular formula is C18H32N2. The molecule has 0 radical (unpaired) electrons. The quantitative estimate of drug-likeness (QED) is 0.774. The van der Waals surface area contributed by atoms with Crippen LogP contribution in [0.4, 0.5) is 0 Å². The Morgan fingerprint density at radius 1 is 1.15 bits per heavy atom. The second kappa shape index (κ2) is 8.43. The van der Waals surface area contributed by atoms with Crippen molar-refractivity contribution in [2.45, 2.75) is 66.6 Å². The van der Waals surface area contributed by atoms with E-state index in [1.807, 2.05) is 0 Å². The first-order valence-corrected chi connectivity index (χ1v) is 8.04. The summed E-state index contributed by atoms with van der Waals surface area (Å²) in [6, 6.07) is 7.34. The maximum atomic E-state index is 5.72.